The second-order valence-electron chi connectivity index (χ2n) is 6.89. The molecule has 0 rings (SSSR count). The Hall–Kier alpha value is -0.610. The van der Waals surface area contributed by atoms with E-state index in [0.29, 0.717) is 19.3 Å². The number of unbranched alkanes of at least 4 members (excludes halogenated alkanes) is 8. The van der Waals surface area contributed by atoms with Gasteiger partial charge in [-0.05, 0) is 26.2 Å². The molecule has 0 aliphatic rings. The van der Waals surface area contributed by atoms with Crippen molar-refractivity contribution in [3.05, 3.63) is 0 Å². The maximum absolute atomic E-state index is 12.4. The molecule has 0 bridgehead atoms. The first-order chi connectivity index (χ1) is 10.9. The molecule has 3 N–H and O–H groups in total. The molecule has 2 unspecified atom stereocenters. The van der Waals surface area contributed by atoms with E-state index in [1.54, 1.807) is 6.92 Å². The number of hydrogen-bond acceptors (Lipinski definition) is 3. The Morgan fingerprint density at radius 2 is 1.48 bits per heavy atom. The second-order valence-corrected chi connectivity index (χ2v) is 6.89. The highest BCUT2D eigenvalue weighted by atomic mass is 16.3. The van der Waals surface area contributed by atoms with Crippen LogP contribution in [0.2, 0.25) is 0 Å². The third-order valence-corrected chi connectivity index (χ3v) is 4.70. The number of amides is 1. The lowest BCUT2D eigenvalue weighted by atomic mass is 10.0. The minimum Gasteiger partial charge on any atom is -0.371 e. The normalized spacial score (nSPS) is 15.2. The van der Waals surface area contributed by atoms with E-state index in [-0.39, 0.29) is 5.91 Å². The van der Waals surface area contributed by atoms with E-state index in [1.807, 2.05) is 13.8 Å². The largest absolute Gasteiger partial charge is 0.371 e. The molecule has 0 heterocycles. The summed E-state index contributed by atoms with van der Waals surface area (Å²) in [6.45, 7) is 7.73. The second kappa shape index (κ2) is 12.8. The van der Waals surface area contributed by atoms with E-state index in [9.17, 15) is 9.90 Å². The summed E-state index contributed by atoms with van der Waals surface area (Å²) in [6, 6.07) is 0. The molecule has 138 valence electrons. The number of carbonyl (C=O) groups excluding carboxylic acids is 1. The van der Waals surface area contributed by atoms with Gasteiger partial charge in [-0.25, -0.2) is 0 Å². The van der Waals surface area contributed by atoms with Crippen LogP contribution in [0.25, 0.3) is 0 Å². The summed E-state index contributed by atoms with van der Waals surface area (Å²) in [5.74, 6) is -0.0193. The van der Waals surface area contributed by atoms with Crippen LogP contribution in [0.5, 0.6) is 0 Å². The third kappa shape index (κ3) is 9.31. The van der Waals surface area contributed by atoms with Crippen molar-refractivity contribution in [2.75, 3.05) is 0 Å². The summed E-state index contributed by atoms with van der Waals surface area (Å²) in [6.07, 6.45) is 12.3. The van der Waals surface area contributed by atoms with Crippen molar-refractivity contribution < 1.29 is 9.90 Å². The first-order valence-corrected chi connectivity index (χ1v) is 9.70. The molecule has 0 aliphatic heterocycles. The van der Waals surface area contributed by atoms with Gasteiger partial charge in [0.05, 0.1) is 6.17 Å². The number of hydrogen-bond donors (Lipinski definition) is 2. The molecule has 23 heavy (non-hydrogen) atoms. The van der Waals surface area contributed by atoms with Crippen LogP contribution in [0.4, 0.5) is 0 Å². The SMILES string of the molecule is CCCCCCCCCCCC(=O)N(C(N)CC)C(C)(O)CC. The molecule has 0 fully saturated rings. The summed E-state index contributed by atoms with van der Waals surface area (Å²) < 4.78 is 0. The molecule has 0 radical (unpaired) electrons. The van der Waals surface area contributed by atoms with Gasteiger partial charge in [-0.1, -0.05) is 72.1 Å². The first-order valence-electron chi connectivity index (χ1n) is 9.70. The Balaban J connectivity index is 4.01. The highest BCUT2D eigenvalue weighted by Gasteiger charge is 2.34. The lowest BCUT2D eigenvalue weighted by Gasteiger charge is -2.40. The minimum atomic E-state index is -1.15. The fourth-order valence-electron chi connectivity index (χ4n) is 2.87. The topological polar surface area (TPSA) is 66.6 Å². The average Bonchev–Trinajstić information content (AvgIpc) is 2.53. The van der Waals surface area contributed by atoms with Gasteiger partial charge in [-0.15, -0.1) is 0 Å². The first kappa shape index (κ1) is 22.4. The van der Waals surface area contributed by atoms with E-state index >= 15 is 0 Å². The van der Waals surface area contributed by atoms with Crippen LogP contribution in [0.15, 0.2) is 0 Å². The van der Waals surface area contributed by atoms with Gasteiger partial charge in [-0.3, -0.25) is 9.69 Å². The quantitative estimate of drug-likeness (QED) is 0.363. The van der Waals surface area contributed by atoms with Crippen LogP contribution >= 0.6 is 0 Å². The van der Waals surface area contributed by atoms with Crippen LogP contribution in [-0.4, -0.2) is 27.8 Å². The molecule has 2 atom stereocenters. The molecular formula is C19H40N2O2. The summed E-state index contributed by atoms with van der Waals surface area (Å²) in [4.78, 5) is 13.9. The fourth-order valence-corrected chi connectivity index (χ4v) is 2.87. The van der Waals surface area contributed by atoms with E-state index in [0.717, 1.165) is 12.8 Å². The zero-order chi connectivity index (χ0) is 17.7. The van der Waals surface area contributed by atoms with Crippen molar-refractivity contribution in [2.24, 2.45) is 5.73 Å². The van der Waals surface area contributed by atoms with Gasteiger partial charge in [0.2, 0.25) is 5.91 Å². The van der Waals surface area contributed by atoms with Crippen molar-refractivity contribution >= 4 is 5.91 Å². The van der Waals surface area contributed by atoms with Crippen molar-refractivity contribution in [1.82, 2.24) is 4.90 Å². The summed E-state index contributed by atoms with van der Waals surface area (Å²) in [7, 11) is 0. The molecular weight excluding hydrogens is 288 g/mol. The Morgan fingerprint density at radius 3 is 1.91 bits per heavy atom. The van der Waals surface area contributed by atoms with Gasteiger partial charge in [-0.2, -0.15) is 0 Å². The van der Waals surface area contributed by atoms with Crippen LogP contribution in [0.1, 0.15) is 105 Å². The van der Waals surface area contributed by atoms with Crippen LogP contribution in [0, 0.1) is 0 Å². The Bertz CT molecular complexity index is 306. The standard InChI is InChI=1S/C19H40N2O2/c1-5-8-9-10-11-12-13-14-15-16-18(22)21(17(20)6-2)19(4,23)7-3/h17,23H,5-16,20H2,1-4H3. The highest BCUT2D eigenvalue weighted by molar-refractivity contribution is 5.77. The van der Waals surface area contributed by atoms with Gasteiger partial charge in [0.25, 0.3) is 0 Å². The molecule has 1 amide bonds. The summed E-state index contributed by atoms with van der Waals surface area (Å²) in [5.41, 5.74) is 4.89. The Morgan fingerprint density at radius 1 is 1.00 bits per heavy atom. The number of nitrogens with zero attached hydrogens (tertiary/aromatic N) is 1. The Labute approximate surface area is 143 Å². The van der Waals surface area contributed by atoms with E-state index in [1.165, 1.54) is 49.8 Å². The van der Waals surface area contributed by atoms with Gasteiger partial charge in [0.15, 0.2) is 0 Å². The predicted molar refractivity (Wildman–Crippen MR) is 97.9 cm³/mol. The molecule has 0 aromatic rings. The van der Waals surface area contributed by atoms with Crippen molar-refractivity contribution in [1.29, 1.82) is 0 Å². The van der Waals surface area contributed by atoms with Crippen molar-refractivity contribution in [3.8, 4) is 0 Å². The summed E-state index contributed by atoms with van der Waals surface area (Å²) >= 11 is 0. The monoisotopic (exact) mass is 328 g/mol. The average molecular weight is 329 g/mol. The van der Waals surface area contributed by atoms with E-state index < -0.39 is 11.9 Å². The van der Waals surface area contributed by atoms with Gasteiger partial charge in [0.1, 0.15) is 5.72 Å². The van der Waals surface area contributed by atoms with Crippen LogP contribution in [0.3, 0.4) is 0 Å². The van der Waals surface area contributed by atoms with Crippen LogP contribution < -0.4 is 5.73 Å². The number of nitrogens with two attached hydrogens (primary N) is 1. The predicted octanol–water partition coefficient (Wildman–Crippen LogP) is 4.55. The maximum atomic E-state index is 12.4. The van der Waals surface area contributed by atoms with Crippen molar-refractivity contribution in [2.45, 2.75) is 117 Å². The van der Waals surface area contributed by atoms with Gasteiger partial charge >= 0.3 is 0 Å². The highest BCUT2D eigenvalue weighted by Crippen LogP contribution is 2.21. The Kier molecular flexibility index (Phi) is 12.4. The lowest BCUT2D eigenvalue weighted by molar-refractivity contribution is -0.164. The number of aliphatic hydroxyl groups is 1. The van der Waals surface area contributed by atoms with Crippen LogP contribution in [-0.2, 0) is 4.79 Å². The van der Waals surface area contributed by atoms with E-state index in [4.69, 9.17) is 5.73 Å². The zero-order valence-corrected chi connectivity index (χ0v) is 15.9. The molecule has 0 aliphatic carbocycles. The van der Waals surface area contributed by atoms with E-state index in [2.05, 4.69) is 6.92 Å². The fraction of sp³-hybridized carbons (Fsp3) is 0.947. The molecule has 0 aromatic heterocycles. The molecule has 4 nitrogen and oxygen atoms in total. The molecule has 0 saturated heterocycles. The zero-order valence-electron chi connectivity index (χ0n) is 15.9. The molecule has 0 aromatic carbocycles. The number of rotatable bonds is 14. The number of carbonyl (C=O) groups is 1. The smallest absolute Gasteiger partial charge is 0.226 e. The molecule has 0 spiro atoms. The van der Waals surface area contributed by atoms with Gasteiger partial charge in [0, 0.05) is 6.42 Å². The molecule has 0 saturated carbocycles. The lowest BCUT2D eigenvalue weighted by Crippen LogP contribution is -2.57. The minimum absolute atomic E-state index is 0.0193. The maximum Gasteiger partial charge on any atom is 0.226 e. The third-order valence-electron chi connectivity index (χ3n) is 4.70. The molecule has 4 heteroatoms. The van der Waals surface area contributed by atoms with Crippen molar-refractivity contribution in [3.63, 3.8) is 0 Å². The summed E-state index contributed by atoms with van der Waals surface area (Å²) in [5, 5.41) is 10.4. The van der Waals surface area contributed by atoms with Gasteiger partial charge < -0.3 is 10.8 Å².